The molecule has 3 aromatic rings. The molecule has 1 heterocycles. The van der Waals surface area contributed by atoms with Crippen molar-refractivity contribution in [1.82, 2.24) is 9.29 Å². The Hall–Kier alpha value is -2.45. The molecule has 1 aromatic heterocycles. The first-order chi connectivity index (χ1) is 12.8. The quantitative estimate of drug-likeness (QED) is 0.624. The van der Waals surface area contributed by atoms with Crippen molar-refractivity contribution in [2.75, 3.05) is 6.54 Å². The Morgan fingerprint density at radius 2 is 1.70 bits per heavy atom. The third kappa shape index (κ3) is 4.64. The molecular weight excluding hydrogens is 377 g/mol. The lowest BCUT2D eigenvalue weighted by molar-refractivity contribution is -0.135. The number of hydrogen-bond donors (Lipinski definition) is 0. The van der Waals surface area contributed by atoms with Crippen LogP contribution in [0.2, 0.25) is 0 Å². The number of rotatable bonds is 6. The van der Waals surface area contributed by atoms with E-state index in [4.69, 9.17) is 0 Å². The second kappa shape index (κ2) is 7.66. The SMILES string of the molecule is O=S(=O)(c1cccc2cnccc12)N(CCC(F)(F)F)Cc1ccccc1. The zero-order valence-corrected chi connectivity index (χ0v) is 15.0. The highest BCUT2D eigenvalue weighted by Gasteiger charge is 2.33. The number of hydrogen-bond acceptors (Lipinski definition) is 3. The second-order valence-corrected chi connectivity index (χ2v) is 7.95. The summed E-state index contributed by atoms with van der Waals surface area (Å²) >= 11 is 0. The van der Waals surface area contributed by atoms with Gasteiger partial charge in [0, 0.05) is 36.3 Å². The molecule has 0 aliphatic carbocycles. The Labute approximate surface area is 155 Å². The Bertz CT molecular complexity index is 1020. The van der Waals surface area contributed by atoms with Gasteiger partial charge in [-0.05, 0) is 17.7 Å². The Kier molecular flexibility index (Phi) is 5.48. The highest BCUT2D eigenvalue weighted by molar-refractivity contribution is 7.89. The number of fused-ring (bicyclic) bond motifs is 1. The molecule has 3 rings (SSSR count). The van der Waals surface area contributed by atoms with Gasteiger partial charge in [-0.15, -0.1) is 0 Å². The van der Waals surface area contributed by atoms with Crippen LogP contribution in [-0.4, -0.2) is 30.4 Å². The maximum Gasteiger partial charge on any atom is 0.390 e. The average Bonchev–Trinajstić information content (AvgIpc) is 2.64. The number of sulfonamides is 1. The van der Waals surface area contributed by atoms with E-state index in [0.717, 1.165) is 4.31 Å². The van der Waals surface area contributed by atoms with E-state index in [1.54, 1.807) is 48.5 Å². The molecule has 0 aliphatic rings. The first-order valence-corrected chi connectivity index (χ1v) is 9.65. The summed E-state index contributed by atoms with van der Waals surface area (Å²) in [6, 6.07) is 14.8. The number of halogens is 3. The monoisotopic (exact) mass is 394 g/mol. The molecule has 8 heteroatoms. The lowest BCUT2D eigenvalue weighted by Crippen LogP contribution is -2.34. The van der Waals surface area contributed by atoms with Gasteiger partial charge in [-0.3, -0.25) is 4.98 Å². The molecule has 0 saturated heterocycles. The van der Waals surface area contributed by atoms with Crippen LogP contribution in [0.25, 0.3) is 10.8 Å². The van der Waals surface area contributed by atoms with E-state index >= 15 is 0 Å². The summed E-state index contributed by atoms with van der Waals surface area (Å²) in [6.45, 7) is -0.789. The fourth-order valence-corrected chi connectivity index (χ4v) is 4.42. The van der Waals surface area contributed by atoms with Crippen LogP contribution in [-0.2, 0) is 16.6 Å². The van der Waals surface area contributed by atoms with Gasteiger partial charge in [0.1, 0.15) is 0 Å². The highest BCUT2D eigenvalue weighted by atomic mass is 32.2. The number of alkyl halides is 3. The summed E-state index contributed by atoms with van der Waals surface area (Å²) in [4.78, 5) is 3.93. The van der Waals surface area contributed by atoms with Crippen molar-refractivity contribution in [3.63, 3.8) is 0 Å². The standard InChI is InChI=1S/C19H17F3N2O2S/c20-19(21,22)10-12-24(14-15-5-2-1-3-6-15)27(25,26)18-8-4-7-16-13-23-11-9-17(16)18/h1-9,11,13H,10,12,14H2. The highest BCUT2D eigenvalue weighted by Crippen LogP contribution is 2.28. The molecule has 0 aliphatic heterocycles. The van der Waals surface area contributed by atoms with Crippen LogP contribution in [0.15, 0.2) is 71.9 Å². The summed E-state index contributed by atoms with van der Waals surface area (Å²) < 4.78 is 65.6. The smallest absolute Gasteiger partial charge is 0.264 e. The minimum Gasteiger partial charge on any atom is -0.264 e. The molecule has 0 amide bonds. The van der Waals surface area contributed by atoms with Crippen molar-refractivity contribution in [2.45, 2.75) is 24.0 Å². The summed E-state index contributed by atoms with van der Waals surface area (Å²) in [5.74, 6) is 0. The van der Waals surface area contributed by atoms with E-state index in [-0.39, 0.29) is 11.4 Å². The van der Waals surface area contributed by atoms with E-state index < -0.39 is 29.2 Å². The van der Waals surface area contributed by atoms with Crippen molar-refractivity contribution in [1.29, 1.82) is 0 Å². The molecule has 0 bridgehead atoms. The predicted molar refractivity (Wildman–Crippen MR) is 96.5 cm³/mol. The van der Waals surface area contributed by atoms with Crippen molar-refractivity contribution in [3.8, 4) is 0 Å². The average molecular weight is 394 g/mol. The number of pyridine rings is 1. The molecule has 0 radical (unpaired) electrons. The zero-order valence-electron chi connectivity index (χ0n) is 14.2. The minimum absolute atomic E-state index is 0.0273. The van der Waals surface area contributed by atoms with Crippen molar-refractivity contribution in [2.24, 2.45) is 0 Å². The first-order valence-electron chi connectivity index (χ1n) is 8.21. The predicted octanol–water partition coefficient (Wildman–Crippen LogP) is 4.38. The number of benzene rings is 2. The fraction of sp³-hybridized carbons (Fsp3) is 0.211. The van der Waals surface area contributed by atoms with E-state index in [0.29, 0.717) is 16.3 Å². The van der Waals surface area contributed by atoms with Gasteiger partial charge in [-0.1, -0.05) is 42.5 Å². The molecule has 142 valence electrons. The Morgan fingerprint density at radius 1 is 0.963 bits per heavy atom. The maximum absolute atomic E-state index is 13.2. The minimum atomic E-state index is -4.45. The van der Waals surface area contributed by atoms with E-state index in [1.807, 2.05) is 0 Å². The maximum atomic E-state index is 13.2. The third-order valence-corrected chi connectivity index (χ3v) is 6.01. The Balaban J connectivity index is 2.03. The van der Waals surface area contributed by atoms with Crippen LogP contribution in [0.3, 0.4) is 0 Å². The fourth-order valence-electron chi connectivity index (χ4n) is 2.78. The molecule has 0 N–H and O–H groups in total. The van der Waals surface area contributed by atoms with E-state index in [1.165, 1.54) is 18.5 Å². The molecule has 0 saturated carbocycles. The van der Waals surface area contributed by atoms with Gasteiger partial charge in [0.15, 0.2) is 0 Å². The number of aromatic nitrogens is 1. The number of nitrogens with zero attached hydrogens (tertiary/aromatic N) is 2. The van der Waals surface area contributed by atoms with Crippen molar-refractivity contribution < 1.29 is 21.6 Å². The lowest BCUT2D eigenvalue weighted by Gasteiger charge is -2.23. The molecule has 0 atom stereocenters. The molecule has 4 nitrogen and oxygen atoms in total. The van der Waals surface area contributed by atoms with Crippen LogP contribution in [0.5, 0.6) is 0 Å². The summed E-state index contributed by atoms with van der Waals surface area (Å²) in [5, 5.41) is 1.03. The van der Waals surface area contributed by atoms with Gasteiger partial charge < -0.3 is 0 Å². The summed E-state index contributed by atoms with van der Waals surface area (Å²) in [7, 11) is -4.14. The van der Waals surface area contributed by atoms with Gasteiger partial charge in [0.25, 0.3) is 0 Å². The first kappa shape index (κ1) is 19.3. The van der Waals surface area contributed by atoms with Crippen molar-refractivity contribution in [3.05, 3.63) is 72.6 Å². The van der Waals surface area contributed by atoms with Gasteiger partial charge >= 0.3 is 6.18 Å². The normalized spacial score (nSPS) is 12.6. The van der Waals surface area contributed by atoms with Crippen LogP contribution in [0, 0.1) is 0 Å². The van der Waals surface area contributed by atoms with Crippen molar-refractivity contribution >= 4 is 20.8 Å². The second-order valence-electron chi connectivity index (χ2n) is 6.04. The molecule has 0 spiro atoms. The van der Waals surface area contributed by atoms with Gasteiger partial charge in [0.2, 0.25) is 10.0 Å². The van der Waals surface area contributed by atoms with Gasteiger partial charge in [-0.25, -0.2) is 8.42 Å². The van der Waals surface area contributed by atoms with Crippen LogP contribution in [0.1, 0.15) is 12.0 Å². The van der Waals surface area contributed by atoms with E-state index in [2.05, 4.69) is 4.98 Å². The third-order valence-electron chi connectivity index (χ3n) is 4.10. The molecule has 0 fully saturated rings. The van der Waals surface area contributed by atoms with Crippen LogP contribution >= 0.6 is 0 Å². The largest absolute Gasteiger partial charge is 0.390 e. The Morgan fingerprint density at radius 3 is 2.41 bits per heavy atom. The lowest BCUT2D eigenvalue weighted by atomic mass is 10.2. The summed E-state index contributed by atoms with van der Waals surface area (Å²) in [5.41, 5.74) is 0.616. The summed E-state index contributed by atoms with van der Waals surface area (Å²) in [6.07, 6.45) is -2.69. The van der Waals surface area contributed by atoms with Gasteiger partial charge in [0.05, 0.1) is 11.3 Å². The van der Waals surface area contributed by atoms with Crippen LogP contribution < -0.4 is 0 Å². The van der Waals surface area contributed by atoms with Crippen LogP contribution in [0.4, 0.5) is 13.2 Å². The molecule has 0 unspecified atom stereocenters. The zero-order chi connectivity index (χ0) is 19.5. The van der Waals surface area contributed by atoms with E-state index in [9.17, 15) is 21.6 Å². The topological polar surface area (TPSA) is 50.3 Å². The molecular formula is C19H17F3N2O2S. The molecule has 27 heavy (non-hydrogen) atoms. The molecule has 2 aromatic carbocycles. The van der Waals surface area contributed by atoms with Gasteiger partial charge in [-0.2, -0.15) is 17.5 Å².